The fourth-order valence-electron chi connectivity index (χ4n) is 2.31. The van der Waals surface area contributed by atoms with Crippen LogP contribution in [0, 0.1) is 5.82 Å². The van der Waals surface area contributed by atoms with Crippen LogP contribution < -0.4 is 0 Å². The smallest absolute Gasteiger partial charge is 0.272 e. The molecule has 102 valence electrons. The minimum atomic E-state index is -0.454. The molecule has 0 saturated heterocycles. The first-order chi connectivity index (χ1) is 9.58. The summed E-state index contributed by atoms with van der Waals surface area (Å²) in [5.41, 5.74) is 1.84. The fraction of sp³-hybridized carbons (Fsp3) is 0.214. The summed E-state index contributed by atoms with van der Waals surface area (Å²) >= 11 is 5.76. The summed E-state index contributed by atoms with van der Waals surface area (Å²) in [6, 6.07) is 4.41. The zero-order valence-electron chi connectivity index (χ0n) is 10.7. The van der Waals surface area contributed by atoms with Crippen LogP contribution in [0.2, 0.25) is 5.02 Å². The Kier molecular flexibility index (Phi) is 3.14. The van der Waals surface area contributed by atoms with Gasteiger partial charge in [0.15, 0.2) is 0 Å². The van der Waals surface area contributed by atoms with Crippen molar-refractivity contribution >= 4 is 17.5 Å². The molecule has 20 heavy (non-hydrogen) atoms. The topological polar surface area (TPSA) is 46.1 Å². The molecule has 0 fully saturated rings. The lowest BCUT2D eigenvalue weighted by molar-refractivity contribution is 0.0774. The van der Waals surface area contributed by atoms with E-state index < -0.39 is 5.82 Å². The van der Waals surface area contributed by atoms with Gasteiger partial charge in [0.1, 0.15) is 17.8 Å². The van der Waals surface area contributed by atoms with Gasteiger partial charge in [0.2, 0.25) is 0 Å². The number of likely N-dealkylation sites (N-methyl/N-ethyl adjacent to an activating group) is 1. The predicted molar refractivity (Wildman–Crippen MR) is 73.1 cm³/mol. The highest BCUT2D eigenvalue weighted by atomic mass is 35.5. The quantitative estimate of drug-likeness (QED) is 0.811. The average molecular weight is 292 g/mol. The van der Waals surface area contributed by atoms with Crippen molar-refractivity contribution in [3.05, 3.63) is 46.6 Å². The second-order valence-corrected chi connectivity index (χ2v) is 5.09. The Hall–Kier alpha value is -2.01. The summed E-state index contributed by atoms with van der Waals surface area (Å²) in [7, 11) is 1.72. The second-order valence-electron chi connectivity index (χ2n) is 4.65. The van der Waals surface area contributed by atoms with Gasteiger partial charge in [-0.25, -0.2) is 14.4 Å². The summed E-state index contributed by atoms with van der Waals surface area (Å²) in [5.74, 6) is -0.617. The maximum atomic E-state index is 14.0. The third-order valence-electron chi connectivity index (χ3n) is 3.38. The van der Waals surface area contributed by atoms with E-state index in [-0.39, 0.29) is 5.91 Å². The molecule has 2 heterocycles. The molecule has 6 heteroatoms. The van der Waals surface area contributed by atoms with Gasteiger partial charge in [-0.15, -0.1) is 0 Å². The van der Waals surface area contributed by atoms with E-state index in [4.69, 9.17) is 11.6 Å². The number of nitrogens with zero attached hydrogens (tertiary/aromatic N) is 3. The number of hydrogen-bond donors (Lipinski definition) is 0. The first-order valence-electron chi connectivity index (χ1n) is 6.12. The molecular formula is C14H11ClFN3O. The molecule has 0 saturated carbocycles. The van der Waals surface area contributed by atoms with Crippen molar-refractivity contribution in [2.45, 2.75) is 6.42 Å². The predicted octanol–water partition coefficient (Wildman–Crippen LogP) is 2.56. The van der Waals surface area contributed by atoms with E-state index in [1.54, 1.807) is 24.1 Å². The maximum Gasteiger partial charge on any atom is 0.272 e. The first kappa shape index (κ1) is 13.0. The van der Waals surface area contributed by atoms with Crippen LogP contribution in [0.3, 0.4) is 0 Å². The van der Waals surface area contributed by atoms with Gasteiger partial charge in [-0.1, -0.05) is 11.6 Å². The van der Waals surface area contributed by atoms with E-state index in [2.05, 4.69) is 9.97 Å². The molecule has 1 amide bonds. The normalized spacial score (nSPS) is 14.3. The standard InChI is InChI=1S/C14H11ClFN3O/c1-19-5-4-10-12(17-7-18-13(10)14(19)20)9-3-2-8(15)6-11(9)16/h2-3,6-7H,4-5H2,1H3. The lowest BCUT2D eigenvalue weighted by Gasteiger charge is -2.25. The van der Waals surface area contributed by atoms with Gasteiger partial charge in [0.25, 0.3) is 5.91 Å². The van der Waals surface area contributed by atoms with Crippen LogP contribution in [0.1, 0.15) is 16.1 Å². The van der Waals surface area contributed by atoms with E-state index >= 15 is 0 Å². The molecule has 1 aromatic carbocycles. The molecule has 2 aromatic rings. The molecule has 4 nitrogen and oxygen atoms in total. The van der Waals surface area contributed by atoms with E-state index in [1.807, 2.05) is 0 Å². The fourth-order valence-corrected chi connectivity index (χ4v) is 2.47. The third kappa shape index (κ3) is 2.04. The summed E-state index contributed by atoms with van der Waals surface area (Å²) < 4.78 is 14.0. The number of rotatable bonds is 1. The lowest BCUT2D eigenvalue weighted by atomic mass is 9.98. The Balaban J connectivity index is 2.19. The second kappa shape index (κ2) is 4.83. The molecule has 0 radical (unpaired) electrons. The van der Waals surface area contributed by atoms with Gasteiger partial charge in [-0.3, -0.25) is 4.79 Å². The highest BCUT2D eigenvalue weighted by Crippen LogP contribution is 2.29. The van der Waals surface area contributed by atoms with Crippen molar-refractivity contribution in [3.63, 3.8) is 0 Å². The Morgan fingerprint density at radius 1 is 1.30 bits per heavy atom. The van der Waals surface area contributed by atoms with E-state index in [1.165, 1.54) is 12.4 Å². The van der Waals surface area contributed by atoms with Crippen molar-refractivity contribution in [3.8, 4) is 11.3 Å². The Morgan fingerprint density at radius 3 is 2.80 bits per heavy atom. The number of fused-ring (bicyclic) bond motifs is 1. The SMILES string of the molecule is CN1CCc2c(ncnc2-c2ccc(Cl)cc2F)C1=O. The Morgan fingerprint density at radius 2 is 2.05 bits per heavy atom. The summed E-state index contributed by atoms with van der Waals surface area (Å²) in [5, 5.41) is 0.324. The number of carbonyl (C=O) groups excluding carboxylic acids is 1. The minimum Gasteiger partial charge on any atom is -0.340 e. The van der Waals surface area contributed by atoms with Gasteiger partial charge in [-0.2, -0.15) is 0 Å². The molecule has 3 rings (SSSR count). The van der Waals surface area contributed by atoms with E-state index in [0.29, 0.717) is 40.5 Å². The van der Waals surface area contributed by atoms with Crippen LogP contribution in [0.5, 0.6) is 0 Å². The number of aromatic nitrogens is 2. The summed E-state index contributed by atoms with van der Waals surface area (Å²) in [6.45, 7) is 0.571. The van der Waals surface area contributed by atoms with Crippen LogP contribution >= 0.6 is 11.6 Å². The van der Waals surface area contributed by atoms with Crippen molar-refractivity contribution in [1.82, 2.24) is 14.9 Å². The van der Waals surface area contributed by atoms with Crippen molar-refractivity contribution < 1.29 is 9.18 Å². The average Bonchev–Trinajstić information content (AvgIpc) is 2.43. The number of benzene rings is 1. The molecule has 1 aliphatic heterocycles. The Labute approximate surface area is 120 Å². The molecule has 1 aliphatic rings. The molecule has 0 N–H and O–H groups in total. The first-order valence-corrected chi connectivity index (χ1v) is 6.50. The Bertz CT molecular complexity index is 705. The van der Waals surface area contributed by atoms with E-state index in [9.17, 15) is 9.18 Å². The van der Waals surface area contributed by atoms with Gasteiger partial charge in [0, 0.05) is 29.7 Å². The monoisotopic (exact) mass is 291 g/mol. The summed E-state index contributed by atoms with van der Waals surface area (Å²) in [6.07, 6.45) is 1.90. The summed E-state index contributed by atoms with van der Waals surface area (Å²) in [4.78, 5) is 21.8. The van der Waals surface area contributed by atoms with Crippen LogP contribution in [-0.2, 0) is 6.42 Å². The van der Waals surface area contributed by atoms with Crippen molar-refractivity contribution in [2.24, 2.45) is 0 Å². The molecule has 0 unspecified atom stereocenters. The zero-order valence-corrected chi connectivity index (χ0v) is 11.5. The van der Waals surface area contributed by atoms with Crippen LogP contribution in [0.25, 0.3) is 11.3 Å². The van der Waals surface area contributed by atoms with E-state index in [0.717, 1.165) is 0 Å². The lowest BCUT2D eigenvalue weighted by Crippen LogP contribution is -2.35. The number of carbonyl (C=O) groups is 1. The van der Waals surface area contributed by atoms with Crippen molar-refractivity contribution in [2.75, 3.05) is 13.6 Å². The van der Waals surface area contributed by atoms with Gasteiger partial charge in [0.05, 0.1) is 5.69 Å². The largest absolute Gasteiger partial charge is 0.340 e. The molecule has 0 bridgehead atoms. The van der Waals surface area contributed by atoms with Gasteiger partial charge in [-0.05, 0) is 24.6 Å². The van der Waals surface area contributed by atoms with Crippen molar-refractivity contribution in [1.29, 1.82) is 0 Å². The van der Waals surface area contributed by atoms with Gasteiger partial charge >= 0.3 is 0 Å². The molecule has 0 atom stereocenters. The zero-order chi connectivity index (χ0) is 14.3. The number of hydrogen-bond acceptors (Lipinski definition) is 3. The van der Waals surface area contributed by atoms with Crippen LogP contribution in [0.15, 0.2) is 24.5 Å². The number of halogens is 2. The molecule has 0 spiro atoms. The molecule has 1 aromatic heterocycles. The maximum absolute atomic E-state index is 14.0. The van der Waals surface area contributed by atoms with Crippen LogP contribution in [0.4, 0.5) is 4.39 Å². The molecular weight excluding hydrogens is 281 g/mol. The highest BCUT2D eigenvalue weighted by molar-refractivity contribution is 6.30. The number of amides is 1. The van der Waals surface area contributed by atoms with Crippen LogP contribution in [-0.4, -0.2) is 34.4 Å². The highest BCUT2D eigenvalue weighted by Gasteiger charge is 2.27. The third-order valence-corrected chi connectivity index (χ3v) is 3.61. The minimum absolute atomic E-state index is 0.163. The van der Waals surface area contributed by atoms with Gasteiger partial charge < -0.3 is 4.90 Å². The molecule has 0 aliphatic carbocycles.